The number of benzene rings is 3. The van der Waals surface area contributed by atoms with Crippen molar-refractivity contribution in [1.82, 2.24) is 9.78 Å². The minimum absolute atomic E-state index is 0.0944. The molecule has 0 amide bonds. The van der Waals surface area contributed by atoms with Crippen LogP contribution in [-0.2, 0) is 16.3 Å². The van der Waals surface area contributed by atoms with Crippen molar-refractivity contribution in [2.24, 2.45) is 0 Å². The number of sulfone groups is 1. The van der Waals surface area contributed by atoms with Gasteiger partial charge < -0.3 is 0 Å². The quantitative estimate of drug-likeness (QED) is 0.405. The first kappa shape index (κ1) is 22.8. The van der Waals surface area contributed by atoms with Gasteiger partial charge >= 0.3 is 0 Å². The molecule has 1 heterocycles. The minimum atomic E-state index is -3.39. The van der Waals surface area contributed by atoms with Crippen molar-refractivity contribution in [1.29, 1.82) is 0 Å². The fourth-order valence-electron chi connectivity index (χ4n) is 3.44. The Labute approximate surface area is 193 Å². The van der Waals surface area contributed by atoms with Crippen LogP contribution in [0.4, 0.5) is 8.78 Å². The molecule has 0 radical (unpaired) electrons. The predicted molar refractivity (Wildman–Crippen MR) is 123 cm³/mol. The SMILES string of the molecule is CS(=O)(=O)c1ccc(-c2cnn(-c3ccc(F)c(Cl)c3)c(=O)c2Cc2cccc(F)c2)cc1. The molecule has 4 rings (SSSR count). The summed E-state index contributed by atoms with van der Waals surface area (Å²) in [6.45, 7) is 0. The molecule has 0 saturated carbocycles. The Kier molecular flexibility index (Phi) is 6.14. The van der Waals surface area contributed by atoms with Gasteiger partial charge in [-0.3, -0.25) is 4.79 Å². The molecular formula is C24H17ClF2N2O3S. The van der Waals surface area contributed by atoms with E-state index in [0.717, 1.165) is 17.0 Å². The summed E-state index contributed by atoms with van der Waals surface area (Å²) in [4.78, 5) is 13.6. The summed E-state index contributed by atoms with van der Waals surface area (Å²) in [5, 5.41) is 4.06. The van der Waals surface area contributed by atoms with Gasteiger partial charge in [-0.25, -0.2) is 17.2 Å². The molecule has 3 aromatic carbocycles. The highest BCUT2D eigenvalue weighted by molar-refractivity contribution is 7.90. The molecule has 0 saturated heterocycles. The largest absolute Gasteiger partial charge is 0.275 e. The minimum Gasteiger partial charge on any atom is -0.267 e. The summed E-state index contributed by atoms with van der Waals surface area (Å²) in [7, 11) is -3.39. The van der Waals surface area contributed by atoms with E-state index in [1.54, 1.807) is 24.3 Å². The van der Waals surface area contributed by atoms with Gasteiger partial charge in [0.05, 0.1) is 21.8 Å². The van der Waals surface area contributed by atoms with Gasteiger partial charge in [0.25, 0.3) is 5.56 Å². The highest BCUT2D eigenvalue weighted by Gasteiger charge is 2.17. The normalized spacial score (nSPS) is 11.5. The Bertz CT molecular complexity index is 1520. The van der Waals surface area contributed by atoms with Crippen molar-refractivity contribution in [3.05, 3.63) is 111 Å². The Morgan fingerprint density at radius 2 is 1.73 bits per heavy atom. The van der Waals surface area contributed by atoms with E-state index in [-0.39, 0.29) is 22.0 Å². The highest BCUT2D eigenvalue weighted by atomic mass is 35.5. The molecule has 9 heteroatoms. The monoisotopic (exact) mass is 486 g/mol. The zero-order valence-electron chi connectivity index (χ0n) is 17.3. The van der Waals surface area contributed by atoms with Crippen LogP contribution in [0.1, 0.15) is 11.1 Å². The molecule has 0 aliphatic carbocycles. The van der Waals surface area contributed by atoms with Gasteiger partial charge in [0.2, 0.25) is 0 Å². The van der Waals surface area contributed by atoms with Crippen molar-refractivity contribution in [2.45, 2.75) is 11.3 Å². The Hall–Kier alpha value is -3.36. The number of aromatic nitrogens is 2. The van der Waals surface area contributed by atoms with Crippen LogP contribution < -0.4 is 5.56 Å². The maximum Gasteiger partial charge on any atom is 0.275 e. The second-order valence-corrected chi connectivity index (χ2v) is 9.88. The molecule has 0 spiro atoms. The lowest BCUT2D eigenvalue weighted by Crippen LogP contribution is -2.26. The van der Waals surface area contributed by atoms with E-state index in [2.05, 4.69) is 5.10 Å². The van der Waals surface area contributed by atoms with Crippen LogP contribution in [0.15, 0.2) is 82.6 Å². The average molecular weight is 487 g/mol. The van der Waals surface area contributed by atoms with Crippen LogP contribution >= 0.6 is 11.6 Å². The summed E-state index contributed by atoms with van der Waals surface area (Å²) in [6.07, 6.45) is 2.66. The first-order chi connectivity index (χ1) is 15.6. The Balaban J connectivity index is 1.89. The maximum absolute atomic E-state index is 13.8. The third-order valence-corrected chi connectivity index (χ3v) is 6.51. The number of halogens is 3. The van der Waals surface area contributed by atoms with Gasteiger partial charge in [-0.15, -0.1) is 0 Å². The highest BCUT2D eigenvalue weighted by Crippen LogP contribution is 2.26. The van der Waals surface area contributed by atoms with Gasteiger partial charge in [-0.1, -0.05) is 35.9 Å². The Morgan fingerprint density at radius 3 is 2.36 bits per heavy atom. The zero-order chi connectivity index (χ0) is 23.8. The topological polar surface area (TPSA) is 69.0 Å². The molecule has 33 heavy (non-hydrogen) atoms. The Morgan fingerprint density at radius 1 is 1.00 bits per heavy atom. The lowest BCUT2D eigenvalue weighted by Gasteiger charge is -2.13. The number of nitrogens with zero attached hydrogens (tertiary/aromatic N) is 2. The fraction of sp³-hybridized carbons (Fsp3) is 0.0833. The van der Waals surface area contributed by atoms with Gasteiger partial charge in [0, 0.05) is 23.8 Å². The lowest BCUT2D eigenvalue weighted by atomic mass is 9.97. The molecule has 4 aromatic rings. The maximum atomic E-state index is 13.8. The van der Waals surface area contributed by atoms with Gasteiger partial charge in [0.15, 0.2) is 9.84 Å². The molecule has 5 nitrogen and oxygen atoms in total. The predicted octanol–water partition coefficient (Wildman–Crippen LogP) is 4.83. The van der Waals surface area contributed by atoms with Crippen molar-refractivity contribution in [2.75, 3.05) is 6.26 Å². The molecular weight excluding hydrogens is 470 g/mol. The van der Waals surface area contributed by atoms with Crippen molar-refractivity contribution in [3.63, 3.8) is 0 Å². The second kappa shape index (κ2) is 8.88. The molecule has 168 valence electrons. The van der Waals surface area contributed by atoms with Crippen LogP contribution in [0.5, 0.6) is 0 Å². The van der Waals surface area contributed by atoms with E-state index in [9.17, 15) is 22.0 Å². The molecule has 0 fully saturated rings. The van der Waals surface area contributed by atoms with Crippen LogP contribution in [-0.4, -0.2) is 24.5 Å². The van der Waals surface area contributed by atoms with E-state index in [1.807, 2.05) is 0 Å². The summed E-state index contributed by atoms with van der Waals surface area (Å²) in [5.41, 5.74) is 1.69. The van der Waals surface area contributed by atoms with Crippen molar-refractivity contribution in [3.8, 4) is 16.8 Å². The first-order valence-electron chi connectivity index (χ1n) is 9.75. The molecule has 0 unspecified atom stereocenters. The standard InChI is InChI=1S/C24H17ClF2N2O3S/c1-33(31,32)19-8-5-16(6-9-19)21-14-28-29(18-7-10-23(27)22(25)13-18)24(30)20(21)12-15-3-2-4-17(26)11-15/h2-11,13-14H,12H2,1H3. The molecule has 0 N–H and O–H groups in total. The number of rotatable bonds is 5. The molecule has 0 atom stereocenters. The summed E-state index contributed by atoms with van der Waals surface area (Å²) >= 11 is 5.87. The molecule has 0 bridgehead atoms. The van der Waals surface area contributed by atoms with Crippen LogP contribution in [0.2, 0.25) is 5.02 Å². The van der Waals surface area contributed by atoms with Crippen molar-refractivity contribution >= 4 is 21.4 Å². The van der Waals surface area contributed by atoms with Gasteiger partial charge in [0.1, 0.15) is 11.6 Å². The summed E-state index contributed by atoms with van der Waals surface area (Å²) < 4.78 is 52.0. The van der Waals surface area contributed by atoms with Gasteiger partial charge in [-0.05, 0) is 53.6 Å². The fourth-order valence-corrected chi connectivity index (χ4v) is 4.25. The van der Waals surface area contributed by atoms with Gasteiger partial charge in [-0.2, -0.15) is 9.78 Å². The number of hydrogen-bond donors (Lipinski definition) is 0. The lowest BCUT2D eigenvalue weighted by molar-refractivity contribution is 0.602. The first-order valence-corrected chi connectivity index (χ1v) is 12.0. The average Bonchev–Trinajstić information content (AvgIpc) is 2.77. The third kappa shape index (κ3) is 4.86. The van der Waals surface area contributed by atoms with E-state index in [0.29, 0.717) is 22.3 Å². The molecule has 1 aromatic heterocycles. The molecule has 0 aliphatic rings. The van der Waals surface area contributed by atoms with E-state index in [1.165, 1.54) is 42.6 Å². The molecule has 0 aliphatic heterocycles. The summed E-state index contributed by atoms with van der Waals surface area (Å²) in [6, 6.07) is 15.7. The van der Waals surface area contributed by atoms with E-state index < -0.39 is 27.0 Å². The smallest absolute Gasteiger partial charge is 0.267 e. The summed E-state index contributed by atoms with van der Waals surface area (Å²) in [5.74, 6) is -1.07. The van der Waals surface area contributed by atoms with Crippen LogP contribution in [0, 0.1) is 11.6 Å². The van der Waals surface area contributed by atoms with E-state index >= 15 is 0 Å². The third-order valence-electron chi connectivity index (χ3n) is 5.09. The van der Waals surface area contributed by atoms with E-state index in [4.69, 9.17) is 11.6 Å². The second-order valence-electron chi connectivity index (χ2n) is 7.46. The van der Waals surface area contributed by atoms with Crippen LogP contribution in [0.3, 0.4) is 0 Å². The zero-order valence-corrected chi connectivity index (χ0v) is 18.9. The number of hydrogen-bond acceptors (Lipinski definition) is 4. The van der Waals surface area contributed by atoms with Crippen LogP contribution in [0.25, 0.3) is 16.8 Å². The van der Waals surface area contributed by atoms with Crippen molar-refractivity contribution < 1.29 is 17.2 Å².